The molecule has 1 unspecified atom stereocenters. The molecule has 0 radical (unpaired) electrons. The maximum atomic E-state index is 6.23. The summed E-state index contributed by atoms with van der Waals surface area (Å²) >= 11 is 18.1. The fourth-order valence-corrected chi connectivity index (χ4v) is 6.35. The highest BCUT2D eigenvalue weighted by Crippen LogP contribution is 2.40. The average molecular weight is 478 g/mol. The Morgan fingerprint density at radius 1 is 0.966 bits per heavy atom. The molecule has 1 atom stereocenters. The summed E-state index contributed by atoms with van der Waals surface area (Å²) in [7, 11) is 0. The van der Waals surface area contributed by atoms with E-state index in [2.05, 4.69) is 32.0 Å². The Morgan fingerprint density at radius 3 is 2.38 bits per heavy atom. The van der Waals surface area contributed by atoms with Crippen molar-refractivity contribution in [3.8, 4) is 5.75 Å². The second kappa shape index (κ2) is 13.5. The van der Waals surface area contributed by atoms with Crippen LogP contribution in [-0.4, -0.2) is 12.6 Å². The zero-order chi connectivity index (χ0) is 21.1. The summed E-state index contributed by atoms with van der Waals surface area (Å²) in [5.41, 5.74) is 2.95. The molecule has 0 saturated heterocycles. The summed E-state index contributed by atoms with van der Waals surface area (Å²) < 4.78 is 6.23. The van der Waals surface area contributed by atoms with Crippen LogP contribution >= 0.6 is 33.2 Å². The van der Waals surface area contributed by atoms with Crippen LogP contribution < -0.4 is 4.74 Å². The maximum absolute atomic E-state index is 6.23. The minimum absolute atomic E-state index is 0.634. The molecule has 0 aliphatic heterocycles. The maximum Gasteiger partial charge on any atom is 0.341 e. The van der Waals surface area contributed by atoms with Crippen LogP contribution in [-0.2, 0) is 0 Å². The number of rotatable bonds is 13. The van der Waals surface area contributed by atoms with Gasteiger partial charge < -0.3 is 4.74 Å². The number of unbranched alkanes of at least 4 members (excludes halogenated alkanes) is 2. The summed E-state index contributed by atoms with van der Waals surface area (Å²) in [5.74, 6) is 2.38. The van der Waals surface area contributed by atoms with E-state index in [9.17, 15) is 0 Å². The van der Waals surface area contributed by atoms with E-state index in [0.717, 1.165) is 12.2 Å². The van der Waals surface area contributed by atoms with Crippen LogP contribution in [0.4, 0.5) is 0 Å². The summed E-state index contributed by atoms with van der Waals surface area (Å²) in [6.45, 7) is 5.22. The van der Waals surface area contributed by atoms with Crippen molar-refractivity contribution in [2.75, 3.05) is 6.61 Å². The van der Waals surface area contributed by atoms with E-state index < -0.39 is 6.00 Å². The number of hydrogen-bond donors (Lipinski definition) is 0. The lowest BCUT2D eigenvalue weighted by atomic mass is 9.81. The largest absolute Gasteiger partial charge is 0.493 e. The van der Waals surface area contributed by atoms with E-state index in [1.807, 2.05) is 0 Å². The zero-order valence-electron chi connectivity index (χ0n) is 18.3. The number of halogens is 3. The van der Waals surface area contributed by atoms with Gasteiger partial charge in [-0.3, -0.25) is 0 Å². The Hall–Kier alpha value is 0.107. The molecular formula is C24H39Cl3OSi. The second-order valence-electron chi connectivity index (χ2n) is 8.68. The van der Waals surface area contributed by atoms with Crippen LogP contribution in [0.25, 0.3) is 0 Å². The Kier molecular flexibility index (Phi) is 11.8. The highest BCUT2D eigenvalue weighted by Gasteiger charge is 2.25. The van der Waals surface area contributed by atoms with Crippen LogP contribution in [0.5, 0.6) is 5.75 Å². The molecule has 1 nitrogen and oxygen atoms in total. The molecule has 0 spiro atoms. The van der Waals surface area contributed by atoms with Gasteiger partial charge in [0.25, 0.3) is 0 Å². The van der Waals surface area contributed by atoms with Gasteiger partial charge in [-0.1, -0.05) is 70.9 Å². The number of ether oxygens (including phenoxy) is 1. The van der Waals surface area contributed by atoms with Gasteiger partial charge in [-0.25, -0.2) is 0 Å². The molecule has 29 heavy (non-hydrogen) atoms. The summed E-state index contributed by atoms with van der Waals surface area (Å²) in [6, 6.07) is 5.14. The molecule has 5 heteroatoms. The fourth-order valence-electron chi connectivity index (χ4n) is 4.61. The van der Waals surface area contributed by atoms with Crippen molar-refractivity contribution in [1.82, 2.24) is 0 Å². The Labute approximate surface area is 194 Å². The lowest BCUT2D eigenvalue weighted by Crippen LogP contribution is -2.12. The van der Waals surface area contributed by atoms with Crippen LogP contribution in [0, 0.1) is 0 Å². The minimum atomic E-state index is -2.55. The monoisotopic (exact) mass is 476 g/mol. The Morgan fingerprint density at radius 2 is 1.72 bits per heavy atom. The molecule has 0 amide bonds. The van der Waals surface area contributed by atoms with Gasteiger partial charge in [-0.05, 0) is 67.2 Å². The van der Waals surface area contributed by atoms with Gasteiger partial charge in [-0.2, -0.15) is 0 Å². The van der Waals surface area contributed by atoms with Crippen LogP contribution in [0.3, 0.4) is 0 Å². The highest BCUT2D eigenvalue weighted by molar-refractivity contribution is 7.64. The van der Waals surface area contributed by atoms with Crippen LogP contribution in [0.1, 0.15) is 114 Å². The van der Waals surface area contributed by atoms with Gasteiger partial charge in [-0.15, -0.1) is 33.2 Å². The van der Waals surface area contributed by atoms with Crippen molar-refractivity contribution in [1.29, 1.82) is 0 Å². The second-order valence-corrected chi connectivity index (χ2v) is 18.0. The predicted molar refractivity (Wildman–Crippen MR) is 132 cm³/mol. The SMILES string of the molecule is CCCCCC(CCC)c1ccc(OCCC[Si](Cl)(Cl)Cl)c(C2CCCCC2)c1. The molecule has 1 saturated carbocycles. The summed E-state index contributed by atoms with van der Waals surface area (Å²) in [6.07, 6.45) is 15.2. The first-order valence-corrected chi connectivity index (χ1v) is 17.0. The lowest BCUT2D eigenvalue weighted by Gasteiger charge is -2.26. The molecule has 0 bridgehead atoms. The molecule has 2 rings (SSSR count). The highest BCUT2D eigenvalue weighted by atomic mass is 35.8. The third kappa shape index (κ3) is 9.42. The molecule has 0 heterocycles. The minimum Gasteiger partial charge on any atom is -0.493 e. The van der Waals surface area contributed by atoms with E-state index in [1.54, 1.807) is 0 Å². The van der Waals surface area contributed by atoms with Crippen molar-refractivity contribution < 1.29 is 4.74 Å². The van der Waals surface area contributed by atoms with Gasteiger partial charge in [0.2, 0.25) is 0 Å². The first-order valence-electron chi connectivity index (χ1n) is 11.8. The van der Waals surface area contributed by atoms with Crippen molar-refractivity contribution >= 4 is 39.2 Å². The van der Waals surface area contributed by atoms with Crippen LogP contribution in [0.15, 0.2) is 18.2 Å². The molecule has 166 valence electrons. The molecule has 1 fully saturated rings. The van der Waals surface area contributed by atoms with Crippen molar-refractivity contribution in [2.24, 2.45) is 0 Å². The van der Waals surface area contributed by atoms with Crippen molar-refractivity contribution in [3.05, 3.63) is 29.3 Å². The third-order valence-corrected chi connectivity index (χ3v) is 8.83. The number of hydrogen-bond acceptors (Lipinski definition) is 1. The average Bonchev–Trinajstić information content (AvgIpc) is 2.71. The molecule has 0 N–H and O–H groups in total. The van der Waals surface area contributed by atoms with E-state index in [4.69, 9.17) is 38.0 Å². The first kappa shape index (κ1) is 25.4. The molecule has 0 aromatic heterocycles. The van der Waals surface area contributed by atoms with Gasteiger partial charge >= 0.3 is 6.00 Å². The topological polar surface area (TPSA) is 9.23 Å². The number of benzene rings is 1. The molecule has 1 aliphatic carbocycles. The first-order chi connectivity index (χ1) is 13.9. The zero-order valence-corrected chi connectivity index (χ0v) is 21.6. The van der Waals surface area contributed by atoms with Crippen molar-refractivity contribution in [2.45, 2.75) is 109 Å². The van der Waals surface area contributed by atoms with E-state index in [1.165, 1.54) is 81.8 Å². The van der Waals surface area contributed by atoms with Gasteiger partial charge in [0, 0.05) is 0 Å². The van der Waals surface area contributed by atoms with Gasteiger partial charge in [0.1, 0.15) is 5.75 Å². The summed E-state index contributed by atoms with van der Waals surface area (Å²) in [4.78, 5) is 0. The lowest BCUT2D eigenvalue weighted by molar-refractivity contribution is 0.307. The van der Waals surface area contributed by atoms with Crippen molar-refractivity contribution in [3.63, 3.8) is 0 Å². The summed E-state index contributed by atoms with van der Waals surface area (Å²) in [5, 5.41) is 0. The normalized spacial score (nSPS) is 16.7. The smallest absolute Gasteiger partial charge is 0.341 e. The molecule has 1 aliphatic rings. The van der Waals surface area contributed by atoms with Gasteiger partial charge in [0.05, 0.1) is 6.61 Å². The quantitative estimate of drug-likeness (QED) is 0.156. The Balaban J connectivity index is 2.14. The molecular weight excluding hydrogens is 439 g/mol. The predicted octanol–water partition coefficient (Wildman–Crippen LogP) is 9.62. The molecule has 1 aromatic carbocycles. The van der Waals surface area contributed by atoms with E-state index >= 15 is 0 Å². The fraction of sp³-hybridized carbons (Fsp3) is 0.750. The van der Waals surface area contributed by atoms with Gasteiger partial charge in [0.15, 0.2) is 0 Å². The van der Waals surface area contributed by atoms with E-state index in [0.29, 0.717) is 24.5 Å². The van der Waals surface area contributed by atoms with E-state index in [-0.39, 0.29) is 0 Å². The Bertz CT molecular complexity index is 582. The third-order valence-electron chi connectivity index (χ3n) is 6.21. The standard InChI is InChI=1S/C24H39Cl3OSi/c1-3-5-7-12-20(11-4-2)22-15-16-24(28-17-10-18-29(25,26)27)23(19-22)21-13-8-6-9-14-21/h15-16,19-21H,3-14,17-18H2,1-2H3. The molecule has 1 aromatic rings. The van der Waals surface area contributed by atoms with Crippen LogP contribution in [0.2, 0.25) is 6.04 Å².